The predicted octanol–water partition coefficient (Wildman–Crippen LogP) is 5.31. The molecule has 0 amide bonds. The fraction of sp³-hybridized carbons (Fsp3) is 0.294. The molecule has 1 aromatic carbocycles. The number of hydrogen-bond acceptors (Lipinski definition) is 3. The van der Waals surface area contributed by atoms with Crippen LogP contribution in [0.25, 0.3) is 9.40 Å². The molecule has 0 spiro atoms. The number of thiophene rings is 2. The molecule has 0 radical (unpaired) electrons. The monoisotopic (exact) mass is 300 g/mol. The van der Waals surface area contributed by atoms with E-state index >= 15 is 0 Å². The van der Waals surface area contributed by atoms with Crippen LogP contribution in [0.2, 0.25) is 0 Å². The lowest BCUT2D eigenvalue weighted by Gasteiger charge is -2.26. The fourth-order valence-electron chi connectivity index (χ4n) is 2.78. The van der Waals surface area contributed by atoms with Crippen molar-refractivity contribution < 1.29 is 5.11 Å². The number of rotatable bonds is 3. The molecular formula is C17H16OS2. The molecule has 1 fully saturated rings. The van der Waals surface area contributed by atoms with Gasteiger partial charge in [-0.05, 0) is 47.4 Å². The van der Waals surface area contributed by atoms with E-state index in [1.54, 1.807) is 22.7 Å². The second-order valence-electron chi connectivity index (χ2n) is 5.49. The molecular weight excluding hydrogens is 284 g/mol. The average Bonchev–Trinajstić information content (AvgIpc) is 2.97. The van der Waals surface area contributed by atoms with Gasteiger partial charge in [-0.25, -0.2) is 0 Å². The molecule has 2 heterocycles. The van der Waals surface area contributed by atoms with Crippen LogP contribution < -0.4 is 0 Å². The van der Waals surface area contributed by atoms with E-state index < -0.39 is 6.10 Å². The molecule has 0 bridgehead atoms. The van der Waals surface area contributed by atoms with Crippen LogP contribution >= 0.6 is 22.7 Å². The van der Waals surface area contributed by atoms with Crippen molar-refractivity contribution in [2.75, 3.05) is 0 Å². The molecule has 4 rings (SSSR count). The zero-order chi connectivity index (χ0) is 13.5. The summed E-state index contributed by atoms with van der Waals surface area (Å²) in [6.45, 7) is 0. The van der Waals surface area contributed by atoms with Crippen LogP contribution in [0.15, 0.2) is 41.8 Å². The standard InChI is InChI=1S/C17H16OS2/c18-17(16-10-15-14(20-16)8-9-19-15)13-6-4-12(5-7-13)11-2-1-3-11/h4-11,17-18H,1-3H2. The van der Waals surface area contributed by atoms with Crippen molar-refractivity contribution in [3.8, 4) is 0 Å². The molecule has 0 aliphatic heterocycles. The van der Waals surface area contributed by atoms with Crippen LogP contribution in [-0.4, -0.2) is 5.11 Å². The van der Waals surface area contributed by atoms with Crippen molar-refractivity contribution in [3.05, 3.63) is 57.8 Å². The van der Waals surface area contributed by atoms with Gasteiger partial charge in [0, 0.05) is 14.3 Å². The summed E-state index contributed by atoms with van der Waals surface area (Å²) in [5, 5.41) is 12.6. The van der Waals surface area contributed by atoms with Gasteiger partial charge in [-0.15, -0.1) is 22.7 Å². The first-order chi connectivity index (χ1) is 9.81. The van der Waals surface area contributed by atoms with Crippen LogP contribution in [0.5, 0.6) is 0 Å². The highest BCUT2D eigenvalue weighted by Gasteiger charge is 2.20. The molecule has 1 nitrogen and oxygen atoms in total. The highest BCUT2D eigenvalue weighted by atomic mass is 32.1. The van der Waals surface area contributed by atoms with Gasteiger partial charge in [0.15, 0.2) is 0 Å². The Morgan fingerprint density at radius 3 is 2.50 bits per heavy atom. The van der Waals surface area contributed by atoms with E-state index in [9.17, 15) is 5.11 Å². The minimum Gasteiger partial charge on any atom is -0.383 e. The highest BCUT2D eigenvalue weighted by Crippen LogP contribution is 2.38. The maximum atomic E-state index is 10.5. The molecule has 20 heavy (non-hydrogen) atoms. The largest absolute Gasteiger partial charge is 0.383 e. The van der Waals surface area contributed by atoms with Crippen molar-refractivity contribution >= 4 is 32.1 Å². The van der Waals surface area contributed by atoms with Gasteiger partial charge in [0.2, 0.25) is 0 Å². The highest BCUT2D eigenvalue weighted by molar-refractivity contribution is 7.26. The third-order valence-corrected chi connectivity index (χ3v) is 6.40. The van der Waals surface area contributed by atoms with Crippen molar-refractivity contribution in [2.24, 2.45) is 0 Å². The summed E-state index contributed by atoms with van der Waals surface area (Å²) in [6, 6.07) is 12.8. The van der Waals surface area contributed by atoms with E-state index in [-0.39, 0.29) is 0 Å². The van der Waals surface area contributed by atoms with Crippen LogP contribution in [0, 0.1) is 0 Å². The quantitative estimate of drug-likeness (QED) is 0.695. The first-order valence-electron chi connectivity index (χ1n) is 7.06. The Kier molecular flexibility index (Phi) is 3.14. The topological polar surface area (TPSA) is 20.2 Å². The number of aliphatic hydroxyl groups is 1. The molecule has 3 aromatic rings. The summed E-state index contributed by atoms with van der Waals surface area (Å²) < 4.78 is 2.55. The number of benzene rings is 1. The first-order valence-corrected chi connectivity index (χ1v) is 8.76. The minimum atomic E-state index is -0.491. The molecule has 1 aliphatic rings. The number of hydrogen-bond donors (Lipinski definition) is 1. The third-order valence-electron chi connectivity index (χ3n) is 4.26. The third kappa shape index (κ3) is 2.10. The van der Waals surface area contributed by atoms with Crippen molar-refractivity contribution in [3.63, 3.8) is 0 Å². The molecule has 1 aliphatic carbocycles. The van der Waals surface area contributed by atoms with E-state index in [1.165, 1.54) is 34.2 Å². The van der Waals surface area contributed by atoms with Gasteiger partial charge in [-0.1, -0.05) is 30.7 Å². The molecule has 1 N–H and O–H groups in total. The average molecular weight is 300 g/mol. The van der Waals surface area contributed by atoms with Gasteiger partial charge in [-0.2, -0.15) is 0 Å². The molecule has 0 saturated heterocycles. The molecule has 1 saturated carbocycles. The zero-order valence-electron chi connectivity index (χ0n) is 11.1. The lowest BCUT2D eigenvalue weighted by molar-refractivity contribution is 0.224. The summed E-state index contributed by atoms with van der Waals surface area (Å²) in [6.07, 6.45) is 3.52. The summed E-state index contributed by atoms with van der Waals surface area (Å²) >= 11 is 3.43. The number of fused-ring (bicyclic) bond motifs is 1. The lowest BCUT2D eigenvalue weighted by Crippen LogP contribution is -2.08. The van der Waals surface area contributed by atoms with Gasteiger partial charge in [0.25, 0.3) is 0 Å². The van der Waals surface area contributed by atoms with E-state index in [0.717, 1.165) is 16.4 Å². The van der Waals surface area contributed by atoms with E-state index in [2.05, 4.69) is 41.8 Å². The summed E-state index contributed by atoms with van der Waals surface area (Å²) in [7, 11) is 0. The van der Waals surface area contributed by atoms with Crippen molar-refractivity contribution in [1.29, 1.82) is 0 Å². The molecule has 1 unspecified atom stereocenters. The van der Waals surface area contributed by atoms with Crippen molar-refractivity contribution in [2.45, 2.75) is 31.3 Å². The predicted molar refractivity (Wildman–Crippen MR) is 86.8 cm³/mol. The Morgan fingerprint density at radius 2 is 1.85 bits per heavy atom. The van der Waals surface area contributed by atoms with Crippen LogP contribution in [0.4, 0.5) is 0 Å². The van der Waals surface area contributed by atoms with Gasteiger partial charge in [0.1, 0.15) is 6.10 Å². The summed E-state index contributed by atoms with van der Waals surface area (Å²) in [5.74, 6) is 0.758. The Balaban J connectivity index is 1.60. The Hall–Kier alpha value is -1.16. The Bertz CT molecular complexity index is 690. The molecule has 102 valence electrons. The first kappa shape index (κ1) is 12.6. The van der Waals surface area contributed by atoms with Gasteiger partial charge >= 0.3 is 0 Å². The molecule has 3 heteroatoms. The smallest absolute Gasteiger partial charge is 0.113 e. The Morgan fingerprint density at radius 1 is 1.05 bits per heavy atom. The van der Waals surface area contributed by atoms with Crippen LogP contribution in [-0.2, 0) is 0 Å². The van der Waals surface area contributed by atoms with E-state index in [4.69, 9.17) is 0 Å². The second-order valence-corrected chi connectivity index (χ2v) is 7.56. The lowest BCUT2D eigenvalue weighted by atomic mass is 9.80. The fourth-order valence-corrected chi connectivity index (χ4v) is 4.91. The van der Waals surface area contributed by atoms with Gasteiger partial charge in [-0.3, -0.25) is 0 Å². The maximum Gasteiger partial charge on any atom is 0.113 e. The van der Waals surface area contributed by atoms with E-state index in [1.807, 2.05) is 0 Å². The zero-order valence-corrected chi connectivity index (χ0v) is 12.7. The maximum absolute atomic E-state index is 10.5. The molecule has 1 atom stereocenters. The normalized spacial score (nSPS) is 17.2. The van der Waals surface area contributed by atoms with Gasteiger partial charge in [0.05, 0.1) is 0 Å². The molecule has 2 aromatic heterocycles. The van der Waals surface area contributed by atoms with Crippen molar-refractivity contribution in [1.82, 2.24) is 0 Å². The van der Waals surface area contributed by atoms with Crippen LogP contribution in [0.3, 0.4) is 0 Å². The minimum absolute atomic E-state index is 0.491. The van der Waals surface area contributed by atoms with Gasteiger partial charge < -0.3 is 5.11 Å². The van der Waals surface area contributed by atoms with Crippen LogP contribution in [0.1, 0.15) is 47.3 Å². The summed E-state index contributed by atoms with van der Waals surface area (Å²) in [4.78, 5) is 1.04. The second kappa shape index (κ2) is 4.99. The van der Waals surface area contributed by atoms with E-state index in [0.29, 0.717) is 0 Å². The SMILES string of the molecule is OC(c1ccc(C2CCC2)cc1)c1cc2sccc2s1. The summed E-state index contributed by atoms with van der Waals surface area (Å²) in [5.41, 5.74) is 2.43. The Labute approximate surface area is 126 Å². The number of aliphatic hydroxyl groups excluding tert-OH is 1.